The number of furan rings is 1. The van der Waals surface area contributed by atoms with Crippen molar-refractivity contribution in [1.82, 2.24) is 14.8 Å². The molecule has 0 saturated carbocycles. The van der Waals surface area contributed by atoms with E-state index in [1.165, 1.54) is 11.8 Å². The minimum atomic E-state index is -0.573. The van der Waals surface area contributed by atoms with E-state index in [9.17, 15) is 4.79 Å². The number of benzene rings is 2. The zero-order valence-electron chi connectivity index (χ0n) is 15.8. The molecule has 2 aromatic heterocycles. The summed E-state index contributed by atoms with van der Waals surface area (Å²) in [7, 11) is 1.83. The lowest BCUT2D eigenvalue weighted by Gasteiger charge is -2.17. The van der Waals surface area contributed by atoms with E-state index in [1.54, 1.807) is 35.1 Å². The minimum absolute atomic E-state index is 0.230. The van der Waals surface area contributed by atoms with Gasteiger partial charge in [-0.2, -0.15) is 0 Å². The molecule has 4 rings (SSSR count). The third kappa shape index (κ3) is 4.53. The van der Waals surface area contributed by atoms with Crippen LogP contribution in [0.25, 0.3) is 11.6 Å². The van der Waals surface area contributed by atoms with Crippen LogP contribution < -0.4 is 5.32 Å². The van der Waals surface area contributed by atoms with Gasteiger partial charge >= 0.3 is 0 Å². The SMILES string of the molecule is Cn1c(SC(C(=O)Nc2cc(Cl)cc(Cl)c2)c2ccccc2)nnc1-c1ccco1. The molecule has 0 saturated heterocycles. The molecule has 6 nitrogen and oxygen atoms in total. The highest BCUT2D eigenvalue weighted by Gasteiger charge is 2.26. The van der Waals surface area contributed by atoms with E-state index in [1.807, 2.05) is 43.4 Å². The molecule has 0 spiro atoms. The van der Waals surface area contributed by atoms with Gasteiger partial charge in [0, 0.05) is 22.8 Å². The highest BCUT2D eigenvalue weighted by molar-refractivity contribution is 8.00. The van der Waals surface area contributed by atoms with Gasteiger partial charge < -0.3 is 14.3 Å². The molecule has 0 aliphatic rings. The number of carbonyl (C=O) groups is 1. The number of hydrogen-bond acceptors (Lipinski definition) is 5. The molecule has 9 heteroatoms. The molecule has 4 aromatic rings. The van der Waals surface area contributed by atoms with Gasteiger partial charge in [0.25, 0.3) is 0 Å². The highest BCUT2D eigenvalue weighted by Crippen LogP contribution is 2.36. The van der Waals surface area contributed by atoms with Crippen molar-refractivity contribution >= 4 is 46.6 Å². The number of hydrogen-bond donors (Lipinski definition) is 1. The monoisotopic (exact) mass is 458 g/mol. The lowest BCUT2D eigenvalue weighted by molar-refractivity contribution is -0.115. The Morgan fingerprint density at radius 2 is 1.80 bits per heavy atom. The van der Waals surface area contributed by atoms with Crippen LogP contribution in [0.1, 0.15) is 10.8 Å². The Bertz CT molecular complexity index is 1140. The van der Waals surface area contributed by atoms with Gasteiger partial charge in [-0.1, -0.05) is 65.3 Å². The maximum atomic E-state index is 13.2. The number of nitrogens with zero attached hydrogens (tertiary/aromatic N) is 3. The first-order valence-corrected chi connectivity index (χ1v) is 10.6. The van der Waals surface area contributed by atoms with Crippen molar-refractivity contribution < 1.29 is 9.21 Å². The van der Waals surface area contributed by atoms with Crippen molar-refractivity contribution in [3.8, 4) is 11.6 Å². The van der Waals surface area contributed by atoms with E-state index >= 15 is 0 Å². The molecule has 2 aromatic carbocycles. The zero-order valence-corrected chi connectivity index (χ0v) is 18.1. The second-order valence-electron chi connectivity index (χ2n) is 6.40. The van der Waals surface area contributed by atoms with Gasteiger partial charge in [-0.3, -0.25) is 4.79 Å². The largest absolute Gasteiger partial charge is 0.461 e. The van der Waals surface area contributed by atoms with E-state index in [0.29, 0.717) is 32.5 Å². The predicted octanol–water partition coefficient (Wildman–Crippen LogP) is 5.85. The number of amides is 1. The summed E-state index contributed by atoms with van der Waals surface area (Å²) in [5.74, 6) is 0.953. The Labute approximate surface area is 187 Å². The number of anilines is 1. The van der Waals surface area contributed by atoms with Crippen LogP contribution in [0.4, 0.5) is 5.69 Å². The minimum Gasteiger partial charge on any atom is -0.461 e. The Hall–Kier alpha value is -2.74. The fourth-order valence-corrected chi connectivity index (χ4v) is 4.41. The molecule has 0 aliphatic carbocycles. The van der Waals surface area contributed by atoms with Crippen molar-refractivity contribution in [3.63, 3.8) is 0 Å². The molecule has 2 heterocycles. The molecule has 0 radical (unpaired) electrons. The Kier molecular flexibility index (Phi) is 6.13. The molecule has 0 aliphatic heterocycles. The lowest BCUT2D eigenvalue weighted by atomic mass is 10.1. The summed E-state index contributed by atoms with van der Waals surface area (Å²) in [5.41, 5.74) is 1.35. The second-order valence-corrected chi connectivity index (χ2v) is 8.34. The van der Waals surface area contributed by atoms with Gasteiger partial charge in [0.05, 0.1) is 6.26 Å². The van der Waals surface area contributed by atoms with Gasteiger partial charge in [0.2, 0.25) is 5.91 Å². The van der Waals surface area contributed by atoms with Crippen LogP contribution in [0.5, 0.6) is 0 Å². The third-order valence-electron chi connectivity index (χ3n) is 4.27. The highest BCUT2D eigenvalue weighted by atomic mass is 35.5. The van der Waals surface area contributed by atoms with Crippen LogP contribution in [0.15, 0.2) is 76.5 Å². The van der Waals surface area contributed by atoms with Crippen LogP contribution >= 0.6 is 35.0 Å². The third-order valence-corrected chi connectivity index (χ3v) is 5.99. The quantitative estimate of drug-likeness (QED) is 0.366. The van der Waals surface area contributed by atoms with Crippen LogP contribution in [-0.4, -0.2) is 20.7 Å². The summed E-state index contributed by atoms with van der Waals surface area (Å²) in [4.78, 5) is 13.2. The van der Waals surface area contributed by atoms with Gasteiger partial charge in [-0.25, -0.2) is 0 Å². The molecule has 1 atom stereocenters. The first-order chi connectivity index (χ1) is 14.5. The van der Waals surface area contributed by atoms with Crippen LogP contribution in [0, 0.1) is 0 Å². The Balaban J connectivity index is 1.63. The lowest BCUT2D eigenvalue weighted by Crippen LogP contribution is -2.19. The Morgan fingerprint density at radius 1 is 1.07 bits per heavy atom. The van der Waals surface area contributed by atoms with Crippen LogP contribution in [-0.2, 0) is 11.8 Å². The summed E-state index contributed by atoms with van der Waals surface area (Å²) in [6, 6.07) is 18.0. The number of nitrogens with one attached hydrogen (secondary N) is 1. The summed E-state index contributed by atoms with van der Waals surface area (Å²) >= 11 is 13.4. The van der Waals surface area contributed by atoms with Gasteiger partial charge in [-0.05, 0) is 35.9 Å². The molecule has 30 heavy (non-hydrogen) atoms. The maximum Gasteiger partial charge on any atom is 0.242 e. The number of rotatable bonds is 6. The topological polar surface area (TPSA) is 73.0 Å². The normalized spacial score (nSPS) is 12.0. The summed E-state index contributed by atoms with van der Waals surface area (Å²) in [6.07, 6.45) is 1.58. The van der Waals surface area contributed by atoms with E-state index in [4.69, 9.17) is 27.6 Å². The molecule has 0 bridgehead atoms. The van der Waals surface area contributed by atoms with Crippen molar-refractivity contribution in [2.45, 2.75) is 10.4 Å². The van der Waals surface area contributed by atoms with Crippen LogP contribution in [0.3, 0.4) is 0 Å². The van der Waals surface area contributed by atoms with Crippen molar-refractivity contribution in [2.24, 2.45) is 7.05 Å². The van der Waals surface area contributed by atoms with Crippen molar-refractivity contribution in [3.05, 3.63) is 82.5 Å². The van der Waals surface area contributed by atoms with Crippen molar-refractivity contribution in [1.29, 1.82) is 0 Å². The molecule has 152 valence electrons. The molecule has 1 amide bonds. The van der Waals surface area contributed by atoms with E-state index in [-0.39, 0.29) is 5.91 Å². The van der Waals surface area contributed by atoms with Gasteiger partial charge in [0.1, 0.15) is 5.25 Å². The summed E-state index contributed by atoms with van der Waals surface area (Å²) in [5, 5.41) is 12.2. The first kappa shape index (κ1) is 20.5. The van der Waals surface area contributed by atoms with E-state index in [2.05, 4.69) is 15.5 Å². The smallest absolute Gasteiger partial charge is 0.242 e. The predicted molar refractivity (Wildman–Crippen MR) is 119 cm³/mol. The average molecular weight is 459 g/mol. The second kappa shape index (κ2) is 8.95. The number of halogens is 2. The average Bonchev–Trinajstić information content (AvgIpc) is 3.36. The molecule has 1 unspecified atom stereocenters. The number of carbonyl (C=O) groups excluding carboxylic acids is 1. The summed E-state index contributed by atoms with van der Waals surface area (Å²) < 4.78 is 7.21. The van der Waals surface area contributed by atoms with Gasteiger partial charge in [0.15, 0.2) is 16.7 Å². The summed E-state index contributed by atoms with van der Waals surface area (Å²) in [6.45, 7) is 0. The zero-order chi connectivity index (χ0) is 21.1. The van der Waals surface area contributed by atoms with E-state index in [0.717, 1.165) is 5.56 Å². The Morgan fingerprint density at radius 3 is 2.47 bits per heavy atom. The first-order valence-electron chi connectivity index (χ1n) is 8.93. The fraction of sp³-hybridized carbons (Fsp3) is 0.0952. The molecular formula is C21H16Cl2N4O2S. The maximum absolute atomic E-state index is 13.2. The molecule has 1 N–H and O–H groups in total. The standard InChI is InChI=1S/C21H16Cl2N4O2S/c1-27-19(17-8-5-9-29-17)25-26-21(27)30-18(13-6-3-2-4-7-13)20(28)24-16-11-14(22)10-15(23)12-16/h2-12,18H,1H3,(H,24,28). The van der Waals surface area contributed by atoms with Gasteiger partial charge in [-0.15, -0.1) is 10.2 Å². The molecule has 0 fully saturated rings. The fourth-order valence-electron chi connectivity index (χ4n) is 2.88. The van der Waals surface area contributed by atoms with E-state index < -0.39 is 5.25 Å². The number of thioether (sulfide) groups is 1. The molecular weight excluding hydrogens is 443 g/mol. The van der Waals surface area contributed by atoms with Crippen LogP contribution in [0.2, 0.25) is 10.0 Å². The number of aromatic nitrogens is 3. The van der Waals surface area contributed by atoms with Crippen molar-refractivity contribution in [2.75, 3.05) is 5.32 Å².